The van der Waals surface area contributed by atoms with Crippen LogP contribution in [0.2, 0.25) is 5.02 Å². The van der Waals surface area contributed by atoms with Gasteiger partial charge in [0.05, 0.1) is 17.1 Å². The predicted molar refractivity (Wildman–Crippen MR) is 70.3 cm³/mol. The molecule has 2 aromatic rings. The van der Waals surface area contributed by atoms with Crippen molar-refractivity contribution in [1.29, 1.82) is 0 Å². The van der Waals surface area contributed by atoms with Gasteiger partial charge in [-0.2, -0.15) is 0 Å². The van der Waals surface area contributed by atoms with Crippen molar-refractivity contribution in [2.75, 3.05) is 17.7 Å². The summed E-state index contributed by atoms with van der Waals surface area (Å²) in [4.78, 5) is 1.46. The Balaban J connectivity index is 2.50. The minimum absolute atomic E-state index is 0.101. The third-order valence-electron chi connectivity index (χ3n) is 2.62. The van der Waals surface area contributed by atoms with Gasteiger partial charge < -0.3 is 10.6 Å². The molecule has 0 saturated heterocycles. The molecule has 2 N–H and O–H groups in total. The molecule has 0 fully saturated rings. The molecule has 18 heavy (non-hydrogen) atoms. The molecule has 0 saturated carbocycles. The lowest BCUT2D eigenvalue weighted by molar-refractivity contribution is 0.600. The Labute approximate surface area is 109 Å². The van der Waals surface area contributed by atoms with Gasteiger partial charge in [0.25, 0.3) is 0 Å². The molecule has 94 valence electrons. The zero-order valence-corrected chi connectivity index (χ0v) is 10.4. The van der Waals surface area contributed by atoms with E-state index in [1.54, 1.807) is 25.2 Å². The van der Waals surface area contributed by atoms with Gasteiger partial charge in [-0.1, -0.05) is 11.6 Å². The van der Waals surface area contributed by atoms with Crippen LogP contribution in [-0.2, 0) is 0 Å². The number of hydrogen-bond acceptors (Lipinski definition) is 2. The number of benzene rings is 2. The molecule has 0 radical (unpaired) electrons. The van der Waals surface area contributed by atoms with Crippen molar-refractivity contribution < 1.29 is 8.78 Å². The molecule has 0 bridgehead atoms. The molecule has 2 nitrogen and oxygen atoms in total. The maximum Gasteiger partial charge on any atom is 0.147 e. The van der Waals surface area contributed by atoms with E-state index in [0.29, 0.717) is 16.4 Å². The van der Waals surface area contributed by atoms with Gasteiger partial charge in [0.1, 0.15) is 11.6 Å². The minimum Gasteiger partial charge on any atom is -0.397 e. The average molecular weight is 269 g/mol. The highest BCUT2D eigenvalue weighted by Crippen LogP contribution is 2.32. The third kappa shape index (κ3) is 2.38. The monoisotopic (exact) mass is 268 g/mol. The highest BCUT2D eigenvalue weighted by Gasteiger charge is 2.13. The van der Waals surface area contributed by atoms with Gasteiger partial charge in [0.2, 0.25) is 0 Å². The van der Waals surface area contributed by atoms with E-state index >= 15 is 0 Å². The lowest BCUT2D eigenvalue weighted by atomic mass is 10.2. The van der Waals surface area contributed by atoms with E-state index in [2.05, 4.69) is 0 Å². The second-order valence-electron chi connectivity index (χ2n) is 3.86. The van der Waals surface area contributed by atoms with Crippen molar-refractivity contribution in [3.8, 4) is 0 Å². The van der Waals surface area contributed by atoms with Crippen LogP contribution in [0.3, 0.4) is 0 Å². The summed E-state index contributed by atoms with van der Waals surface area (Å²) in [6, 6.07) is 8.09. The van der Waals surface area contributed by atoms with Gasteiger partial charge in [0.15, 0.2) is 0 Å². The molecule has 0 aliphatic rings. The Morgan fingerprint density at radius 2 is 1.78 bits per heavy atom. The molecule has 5 heteroatoms. The fourth-order valence-corrected chi connectivity index (χ4v) is 1.85. The van der Waals surface area contributed by atoms with Gasteiger partial charge >= 0.3 is 0 Å². The number of nitrogens with zero attached hydrogens (tertiary/aromatic N) is 1. The normalized spacial score (nSPS) is 10.4. The van der Waals surface area contributed by atoms with Crippen molar-refractivity contribution in [2.24, 2.45) is 0 Å². The number of hydrogen-bond donors (Lipinski definition) is 1. The first kappa shape index (κ1) is 12.6. The Kier molecular flexibility index (Phi) is 3.39. The molecule has 0 amide bonds. The van der Waals surface area contributed by atoms with E-state index in [9.17, 15) is 8.78 Å². The zero-order chi connectivity index (χ0) is 13.3. The fraction of sp³-hybridized carbons (Fsp3) is 0.0769. The molecule has 0 heterocycles. The van der Waals surface area contributed by atoms with Crippen LogP contribution in [0.25, 0.3) is 0 Å². The molecule has 0 aliphatic carbocycles. The molecule has 0 spiro atoms. The maximum atomic E-state index is 13.7. The molecular formula is C13H11ClF2N2. The standard InChI is InChI=1S/C13H11ClF2N2/c1-18(12-7-9(15)3-4-10(12)16)13-6-8(14)2-5-11(13)17/h2-7H,17H2,1H3. The van der Waals surface area contributed by atoms with Gasteiger partial charge in [-0.15, -0.1) is 0 Å². The Hall–Kier alpha value is -1.81. The zero-order valence-electron chi connectivity index (χ0n) is 9.62. The van der Waals surface area contributed by atoms with E-state index < -0.39 is 11.6 Å². The molecule has 0 unspecified atom stereocenters. The SMILES string of the molecule is CN(c1cc(Cl)ccc1N)c1cc(F)ccc1F. The first-order chi connectivity index (χ1) is 8.49. The lowest BCUT2D eigenvalue weighted by Gasteiger charge is -2.22. The van der Waals surface area contributed by atoms with Gasteiger partial charge in [0, 0.05) is 18.1 Å². The van der Waals surface area contributed by atoms with Crippen LogP contribution in [0, 0.1) is 11.6 Å². The number of halogens is 3. The number of nitrogen functional groups attached to an aromatic ring is 1. The second kappa shape index (κ2) is 4.82. The van der Waals surface area contributed by atoms with Gasteiger partial charge in [-0.25, -0.2) is 8.78 Å². The number of rotatable bonds is 2. The first-order valence-electron chi connectivity index (χ1n) is 5.23. The lowest BCUT2D eigenvalue weighted by Crippen LogP contribution is -2.13. The van der Waals surface area contributed by atoms with Crippen LogP contribution < -0.4 is 10.6 Å². The van der Waals surface area contributed by atoms with Crippen LogP contribution in [0.4, 0.5) is 25.8 Å². The largest absolute Gasteiger partial charge is 0.397 e. The Bertz CT molecular complexity index is 536. The van der Waals surface area contributed by atoms with Crippen LogP contribution in [-0.4, -0.2) is 7.05 Å². The van der Waals surface area contributed by atoms with E-state index in [0.717, 1.165) is 18.2 Å². The van der Waals surface area contributed by atoms with Crippen LogP contribution >= 0.6 is 11.6 Å². The molecule has 0 atom stereocenters. The van der Waals surface area contributed by atoms with Gasteiger partial charge in [-0.3, -0.25) is 0 Å². The van der Waals surface area contributed by atoms with E-state index in [1.165, 1.54) is 4.90 Å². The van der Waals surface area contributed by atoms with Gasteiger partial charge in [-0.05, 0) is 30.3 Å². The topological polar surface area (TPSA) is 29.3 Å². The van der Waals surface area contributed by atoms with Crippen molar-refractivity contribution in [3.63, 3.8) is 0 Å². The van der Waals surface area contributed by atoms with Crippen LogP contribution in [0.1, 0.15) is 0 Å². The summed E-state index contributed by atoms with van der Waals surface area (Å²) in [5, 5.41) is 0.475. The summed E-state index contributed by atoms with van der Waals surface area (Å²) in [7, 11) is 1.60. The molecule has 0 aliphatic heterocycles. The van der Waals surface area contributed by atoms with Crippen LogP contribution in [0.15, 0.2) is 36.4 Å². The molecule has 0 aromatic heterocycles. The van der Waals surface area contributed by atoms with Crippen molar-refractivity contribution >= 4 is 28.7 Å². The minimum atomic E-state index is -0.529. The van der Waals surface area contributed by atoms with E-state index in [1.807, 2.05) is 0 Å². The summed E-state index contributed by atoms with van der Waals surface area (Å²) >= 11 is 5.87. The summed E-state index contributed by atoms with van der Waals surface area (Å²) in [5.41, 5.74) is 6.86. The smallest absolute Gasteiger partial charge is 0.147 e. The summed E-state index contributed by atoms with van der Waals surface area (Å²) in [6.45, 7) is 0. The fourth-order valence-electron chi connectivity index (χ4n) is 1.68. The average Bonchev–Trinajstić information content (AvgIpc) is 2.34. The summed E-state index contributed by atoms with van der Waals surface area (Å²) in [6.07, 6.45) is 0. The van der Waals surface area contributed by atoms with Crippen molar-refractivity contribution in [2.45, 2.75) is 0 Å². The van der Waals surface area contributed by atoms with E-state index in [4.69, 9.17) is 17.3 Å². The third-order valence-corrected chi connectivity index (χ3v) is 2.86. The molecular weight excluding hydrogens is 258 g/mol. The van der Waals surface area contributed by atoms with Crippen LogP contribution in [0.5, 0.6) is 0 Å². The first-order valence-corrected chi connectivity index (χ1v) is 5.60. The second-order valence-corrected chi connectivity index (χ2v) is 4.29. The number of anilines is 3. The quantitative estimate of drug-likeness (QED) is 0.835. The Morgan fingerprint density at radius 3 is 2.50 bits per heavy atom. The number of nitrogens with two attached hydrogens (primary N) is 1. The summed E-state index contributed by atoms with van der Waals surface area (Å²) in [5.74, 6) is -1.04. The summed E-state index contributed by atoms with van der Waals surface area (Å²) < 4.78 is 26.8. The highest BCUT2D eigenvalue weighted by atomic mass is 35.5. The van der Waals surface area contributed by atoms with E-state index in [-0.39, 0.29) is 5.69 Å². The molecule has 2 aromatic carbocycles. The Morgan fingerprint density at radius 1 is 1.06 bits per heavy atom. The predicted octanol–water partition coefficient (Wildman–Crippen LogP) is 3.97. The highest BCUT2D eigenvalue weighted by molar-refractivity contribution is 6.31. The van der Waals surface area contributed by atoms with Crippen molar-refractivity contribution in [1.82, 2.24) is 0 Å². The van der Waals surface area contributed by atoms with Crippen molar-refractivity contribution in [3.05, 3.63) is 53.1 Å². The molecule has 2 rings (SSSR count). The maximum absolute atomic E-state index is 13.7.